The zero-order chi connectivity index (χ0) is 21.1. The molecular formula is C24H23ClN2O3. The Labute approximate surface area is 180 Å². The molecule has 0 radical (unpaired) electrons. The van der Waals surface area contributed by atoms with Gasteiger partial charge in [0, 0.05) is 41.8 Å². The number of phenolic OH excluding ortho intramolecular Hbond substituents is 1. The van der Waals surface area contributed by atoms with E-state index in [1.807, 2.05) is 49.4 Å². The Balaban J connectivity index is 1.79. The highest BCUT2D eigenvalue weighted by Gasteiger charge is 2.14. The molecule has 0 bridgehead atoms. The van der Waals surface area contributed by atoms with Crippen LogP contribution in [-0.2, 0) is 4.74 Å². The minimum Gasteiger partial charge on any atom is -0.507 e. The number of aryl methyl sites for hydroxylation is 1. The van der Waals surface area contributed by atoms with Gasteiger partial charge in [0.05, 0.1) is 5.69 Å². The Kier molecular flexibility index (Phi) is 5.93. The van der Waals surface area contributed by atoms with Crippen molar-refractivity contribution in [3.8, 4) is 28.3 Å². The van der Waals surface area contributed by atoms with E-state index in [9.17, 15) is 5.11 Å². The number of pyridine rings is 1. The molecule has 0 amide bonds. The number of halogens is 1. The molecule has 2 heterocycles. The fourth-order valence-corrected chi connectivity index (χ4v) is 3.49. The first-order valence-corrected chi connectivity index (χ1v) is 10.2. The summed E-state index contributed by atoms with van der Waals surface area (Å²) in [4.78, 5) is 4.70. The van der Waals surface area contributed by atoms with E-state index < -0.39 is 0 Å². The van der Waals surface area contributed by atoms with Crippen LogP contribution in [-0.4, -0.2) is 30.4 Å². The molecule has 2 aromatic heterocycles. The Hall–Kier alpha value is -3.02. The largest absolute Gasteiger partial charge is 0.507 e. The summed E-state index contributed by atoms with van der Waals surface area (Å²) in [5.74, 6) is 1.56. The molecule has 2 aromatic carbocycles. The van der Waals surface area contributed by atoms with Crippen molar-refractivity contribution < 1.29 is 14.3 Å². The van der Waals surface area contributed by atoms with Crippen LogP contribution in [0.3, 0.4) is 0 Å². The Morgan fingerprint density at radius 1 is 1.13 bits per heavy atom. The van der Waals surface area contributed by atoms with Gasteiger partial charge in [0.2, 0.25) is 0 Å². The molecule has 0 fully saturated rings. The minimum absolute atomic E-state index is 0.136. The molecule has 4 rings (SSSR count). The van der Waals surface area contributed by atoms with Crippen molar-refractivity contribution in [1.82, 2.24) is 4.98 Å². The number of hydrogen-bond acceptors (Lipinski definition) is 5. The van der Waals surface area contributed by atoms with E-state index in [0.717, 1.165) is 34.3 Å². The van der Waals surface area contributed by atoms with Gasteiger partial charge in [-0.1, -0.05) is 29.8 Å². The first-order valence-electron chi connectivity index (χ1n) is 9.78. The molecule has 0 atom stereocenters. The van der Waals surface area contributed by atoms with Crippen molar-refractivity contribution in [3.05, 3.63) is 65.2 Å². The third kappa shape index (κ3) is 4.27. The Morgan fingerprint density at radius 3 is 2.77 bits per heavy atom. The van der Waals surface area contributed by atoms with Crippen LogP contribution in [0.25, 0.3) is 33.6 Å². The quantitative estimate of drug-likeness (QED) is 0.343. The summed E-state index contributed by atoms with van der Waals surface area (Å²) in [6, 6.07) is 17.1. The molecule has 154 valence electrons. The van der Waals surface area contributed by atoms with Gasteiger partial charge in [-0.3, -0.25) is 0 Å². The number of ether oxygens (including phenoxy) is 1. The van der Waals surface area contributed by atoms with Crippen LogP contribution < -0.4 is 5.32 Å². The molecular weight excluding hydrogens is 400 g/mol. The molecule has 0 saturated heterocycles. The number of nitrogens with one attached hydrogen (secondary N) is 1. The highest BCUT2D eigenvalue weighted by Crippen LogP contribution is 2.37. The number of benzene rings is 2. The summed E-state index contributed by atoms with van der Waals surface area (Å²) in [5, 5.41) is 15.5. The van der Waals surface area contributed by atoms with Crippen molar-refractivity contribution in [2.24, 2.45) is 0 Å². The number of aromatic nitrogens is 1. The smallest absolute Gasteiger partial charge is 0.135 e. The first kappa shape index (κ1) is 20.3. The van der Waals surface area contributed by atoms with Gasteiger partial charge in [-0.15, -0.1) is 0 Å². The van der Waals surface area contributed by atoms with E-state index in [1.165, 1.54) is 0 Å². The lowest BCUT2D eigenvalue weighted by Crippen LogP contribution is -2.06. The van der Waals surface area contributed by atoms with Crippen LogP contribution in [0.4, 0.5) is 5.82 Å². The fourth-order valence-electron chi connectivity index (χ4n) is 3.33. The zero-order valence-corrected chi connectivity index (χ0v) is 17.7. The second-order valence-corrected chi connectivity index (χ2v) is 7.57. The number of furan rings is 1. The molecule has 0 aliphatic heterocycles. The SMILES string of the molecule is COCCCNc1cc(-c2cc3ccccc3o2)cc(-c2cc(Cl)c(C)cc2O)n1. The van der Waals surface area contributed by atoms with Gasteiger partial charge in [0.15, 0.2) is 0 Å². The molecule has 2 N–H and O–H groups in total. The average Bonchev–Trinajstić information content (AvgIpc) is 3.18. The normalized spacial score (nSPS) is 11.2. The minimum atomic E-state index is 0.136. The third-order valence-electron chi connectivity index (χ3n) is 4.92. The van der Waals surface area contributed by atoms with Crippen LogP contribution in [0, 0.1) is 6.92 Å². The second kappa shape index (κ2) is 8.78. The van der Waals surface area contributed by atoms with Gasteiger partial charge in [0.25, 0.3) is 0 Å². The maximum atomic E-state index is 10.5. The standard InChI is InChI=1S/C24H23ClN2O3/c1-15-10-21(28)18(14-19(15)25)20-11-17(13-24(27-20)26-8-5-9-29-2)23-12-16-6-3-4-7-22(16)30-23/h3-4,6-7,10-14,28H,5,8-9H2,1-2H3,(H,26,27). The van der Waals surface area contributed by atoms with E-state index in [0.29, 0.717) is 35.2 Å². The first-order chi connectivity index (χ1) is 14.5. The van der Waals surface area contributed by atoms with Gasteiger partial charge in [0.1, 0.15) is 22.9 Å². The number of para-hydroxylation sites is 1. The number of hydrogen-bond donors (Lipinski definition) is 2. The van der Waals surface area contributed by atoms with Crippen molar-refractivity contribution in [2.75, 3.05) is 25.6 Å². The van der Waals surface area contributed by atoms with Gasteiger partial charge >= 0.3 is 0 Å². The summed E-state index contributed by atoms with van der Waals surface area (Å²) in [6.07, 6.45) is 0.851. The van der Waals surface area contributed by atoms with Crippen LogP contribution in [0.5, 0.6) is 5.75 Å². The van der Waals surface area contributed by atoms with E-state index in [1.54, 1.807) is 19.2 Å². The maximum Gasteiger partial charge on any atom is 0.135 e. The number of rotatable bonds is 7. The van der Waals surface area contributed by atoms with Crippen molar-refractivity contribution in [1.29, 1.82) is 0 Å². The number of phenols is 1. The second-order valence-electron chi connectivity index (χ2n) is 7.17. The summed E-state index contributed by atoms with van der Waals surface area (Å²) in [6.45, 7) is 3.23. The van der Waals surface area contributed by atoms with Crippen molar-refractivity contribution >= 4 is 28.4 Å². The number of nitrogens with zero attached hydrogens (tertiary/aromatic N) is 1. The molecule has 0 aliphatic rings. The molecule has 4 aromatic rings. The summed E-state index contributed by atoms with van der Waals surface area (Å²) >= 11 is 6.32. The topological polar surface area (TPSA) is 67.5 Å². The number of methoxy groups -OCH3 is 1. The highest BCUT2D eigenvalue weighted by atomic mass is 35.5. The monoisotopic (exact) mass is 422 g/mol. The molecule has 6 heteroatoms. The third-order valence-corrected chi connectivity index (χ3v) is 5.33. The number of anilines is 1. The molecule has 30 heavy (non-hydrogen) atoms. The van der Waals surface area contributed by atoms with Crippen LogP contribution in [0.2, 0.25) is 5.02 Å². The predicted molar refractivity (Wildman–Crippen MR) is 121 cm³/mol. The number of aromatic hydroxyl groups is 1. The van der Waals surface area contributed by atoms with Crippen molar-refractivity contribution in [2.45, 2.75) is 13.3 Å². The van der Waals surface area contributed by atoms with Gasteiger partial charge < -0.3 is 19.6 Å². The van der Waals surface area contributed by atoms with E-state index >= 15 is 0 Å². The lowest BCUT2D eigenvalue weighted by atomic mass is 10.0. The summed E-state index contributed by atoms with van der Waals surface area (Å²) < 4.78 is 11.2. The number of fused-ring (bicyclic) bond motifs is 1. The van der Waals surface area contributed by atoms with E-state index in [2.05, 4.69) is 5.32 Å². The Bertz CT molecular complexity index is 1150. The lowest BCUT2D eigenvalue weighted by molar-refractivity contribution is 0.198. The zero-order valence-electron chi connectivity index (χ0n) is 16.9. The van der Waals surface area contributed by atoms with Crippen LogP contribution in [0.15, 0.2) is 59.0 Å². The summed E-state index contributed by atoms with van der Waals surface area (Å²) in [7, 11) is 1.68. The molecule has 0 aliphatic carbocycles. The van der Waals surface area contributed by atoms with Gasteiger partial charge in [-0.2, -0.15) is 0 Å². The molecule has 0 saturated carbocycles. The van der Waals surface area contributed by atoms with Gasteiger partial charge in [-0.25, -0.2) is 4.98 Å². The molecule has 0 spiro atoms. The van der Waals surface area contributed by atoms with Crippen LogP contribution in [0.1, 0.15) is 12.0 Å². The molecule has 5 nitrogen and oxygen atoms in total. The lowest BCUT2D eigenvalue weighted by Gasteiger charge is -2.12. The highest BCUT2D eigenvalue weighted by molar-refractivity contribution is 6.31. The summed E-state index contributed by atoms with van der Waals surface area (Å²) in [5.41, 5.74) is 3.68. The van der Waals surface area contributed by atoms with E-state index in [4.69, 9.17) is 25.7 Å². The average molecular weight is 423 g/mol. The van der Waals surface area contributed by atoms with Crippen molar-refractivity contribution in [3.63, 3.8) is 0 Å². The van der Waals surface area contributed by atoms with E-state index in [-0.39, 0.29) is 5.75 Å². The van der Waals surface area contributed by atoms with Gasteiger partial charge in [-0.05, 0) is 55.3 Å². The fraction of sp³-hybridized carbons (Fsp3) is 0.208. The Morgan fingerprint density at radius 2 is 1.97 bits per heavy atom. The molecule has 0 unspecified atom stereocenters. The maximum absolute atomic E-state index is 10.5. The van der Waals surface area contributed by atoms with Crippen LogP contribution >= 0.6 is 11.6 Å². The predicted octanol–water partition coefficient (Wildman–Crippen LogP) is 6.28.